The largest absolute Gasteiger partial charge is 0.461 e. The zero-order valence-corrected chi connectivity index (χ0v) is 13.7. The summed E-state index contributed by atoms with van der Waals surface area (Å²) in [4.78, 5) is 12.2. The van der Waals surface area contributed by atoms with Gasteiger partial charge >= 0.3 is 5.97 Å². The highest BCUT2D eigenvalue weighted by atomic mass is 16.5. The van der Waals surface area contributed by atoms with Crippen molar-refractivity contribution in [2.75, 3.05) is 6.61 Å². The maximum absolute atomic E-state index is 12.2. The fourth-order valence-corrected chi connectivity index (χ4v) is 3.16. The third kappa shape index (κ3) is 3.51. The van der Waals surface area contributed by atoms with Gasteiger partial charge in [-0.2, -0.15) is 5.10 Å². The van der Waals surface area contributed by atoms with Crippen LogP contribution in [0.2, 0.25) is 0 Å². The molecule has 2 aliphatic carbocycles. The van der Waals surface area contributed by atoms with Crippen molar-refractivity contribution in [2.24, 2.45) is 5.92 Å². The Hall–Kier alpha value is -1.36. The summed E-state index contributed by atoms with van der Waals surface area (Å²) in [5, 5.41) is 6.82. The molecule has 0 aromatic carbocycles. The van der Waals surface area contributed by atoms with E-state index in [0.29, 0.717) is 30.2 Å². The molecule has 122 valence electrons. The predicted molar refractivity (Wildman–Crippen MR) is 82.8 cm³/mol. The van der Waals surface area contributed by atoms with Crippen LogP contribution in [-0.4, -0.2) is 34.5 Å². The van der Waals surface area contributed by atoms with Crippen molar-refractivity contribution < 1.29 is 14.3 Å². The van der Waals surface area contributed by atoms with E-state index in [2.05, 4.69) is 31.0 Å². The first kappa shape index (κ1) is 15.5. The molecule has 0 spiro atoms. The SMILES string of the molecule is CC(C)(C)OC1CC(COC(=O)c2[nH]ncc2C2CCC2)C1. The number of esters is 1. The van der Waals surface area contributed by atoms with E-state index in [-0.39, 0.29) is 11.6 Å². The Morgan fingerprint density at radius 3 is 2.68 bits per heavy atom. The molecule has 0 unspecified atom stereocenters. The van der Waals surface area contributed by atoms with Gasteiger partial charge < -0.3 is 9.47 Å². The molecule has 1 aromatic rings. The first-order valence-corrected chi connectivity index (χ1v) is 8.30. The van der Waals surface area contributed by atoms with Crippen LogP contribution < -0.4 is 0 Å². The smallest absolute Gasteiger partial charge is 0.356 e. The van der Waals surface area contributed by atoms with Gasteiger partial charge in [-0.3, -0.25) is 5.10 Å². The second-order valence-electron chi connectivity index (χ2n) is 7.62. The lowest BCUT2D eigenvalue weighted by Crippen LogP contribution is -2.39. The van der Waals surface area contributed by atoms with Gasteiger partial charge in [-0.05, 0) is 58.3 Å². The molecule has 0 atom stereocenters. The number of hydrogen-bond donors (Lipinski definition) is 1. The lowest BCUT2D eigenvalue weighted by molar-refractivity contribution is -0.119. The first-order chi connectivity index (χ1) is 10.4. The summed E-state index contributed by atoms with van der Waals surface area (Å²) in [7, 11) is 0. The van der Waals surface area contributed by atoms with Gasteiger partial charge in [0.15, 0.2) is 0 Å². The van der Waals surface area contributed by atoms with Gasteiger partial charge in [-0.1, -0.05) is 6.42 Å². The number of carbonyl (C=O) groups is 1. The van der Waals surface area contributed by atoms with E-state index in [1.165, 1.54) is 6.42 Å². The van der Waals surface area contributed by atoms with Crippen LogP contribution >= 0.6 is 0 Å². The lowest BCUT2D eigenvalue weighted by atomic mass is 9.80. The topological polar surface area (TPSA) is 64.2 Å². The second kappa shape index (κ2) is 6.03. The molecule has 2 fully saturated rings. The summed E-state index contributed by atoms with van der Waals surface area (Å²) in [5.74, 6) is 0.639. The zero-order chi connectivity index (χ0) is 15.7. The van der Waals surface area contributed by atoms with Crippen LogP contribution in [0.25, 0.3) is 0 Å². The Bertz CT molecular complexity index is 522. The van der Waals surface area contributed by atoms with Crippen molar-refractivity contribution in [1.29, 1.82) is 0 Å². The quantitative estimate of drug-likeness (QED) is 0.847. The molecule has 0 saturated heterocycles. The molecule has 1 N–H and O–H groups in total. The molecule has 2 aliphatic rings. The Balaban J connectivity index is 1.43. The number of rotatable bonds is 5. The van der Waals surface area contributed by atoms with Crippen LogP contribution in [0.15, 0.2) is 6.20 Å². The van der Waals surface area contributed by atoms with E-state index in [1.54, 1.807) is 6.20 Å². The van der Waals surface area contributed by atoms with Gasteiger partial charge in [-0.15, -0.1) is 0 Å². The zero-order valence-electron chi connectivity index (χ0n) is 13.7. The highest BCUT2D eigenvalue weighted by Crippen LogP contribution is 2.38. The number of nitrogens with zero attached hydrogens (tertiary/aromatic N) is 1. The monoisotopic (exact) mass is 306 g/mol. The molecule has 0 amide bonds. The summed E-state index contributed by atoms with van der Waals surface area (Å²) in [6.07, 6.45) is 7.56. The number of aromatic nitrogens is 2. The van der Waals surface area contributed by atoms with E-state index < -0.39 is 0 Å². The van der Waals surface area contributed by atoms with Crippen molar-refractivity contribution in [2.45, 2.75) is 70.5 Å². The van der Waals surface area contributed by atoms with Crippen molar-refractivity contribution in [3.05, 3.63) is 17.5 Å². The maximum Gasteiger partial charge on any atom is 0.356 e. The maximum atomic E-state index is 12.2. The summed E-state index contributed by atoms with van der Waals surface area (Å²) >= 11 is 0. The van der Waals surface area contributed by atoms with Gasteiger partial charge in [0, 0.05) is 5.56 Å². The van der Waals surface area contributed by atoms with Crippen LogP contribution in [0, 0.1) is 5.92 Å². The van der Waals surface area contributed by atoms with Gasteiger partial charge in [-0.25, -0.2) is 4.79 Å². The number of aromatic amines is 1. The van der Waals surface area contributed by atoms with Crippen LogP contribution in [0.5, 0.6) is 0 Å². The normalized spacial score (nSPS) is 25.4. The summed E-state index contributed by atoms with van der Waals surface area (Å²) in [5.41, 5.74) is 1.48. The number of nitrogens with one attached hydrogen (secondary N) is 1. The molecule has 1 aromatic heterocycles. The van der Waals surface area contributed by atoms with E-state index >= 15 is 0 Å². The minimum atomic E-state index is -0.264. The Kier molecular flexibility index (Phi) is 4.26. The molecule has 0 aliphatic heterocycles. The number of ether oxygens (including phenoxy) is 2. The summed E-state index contributed by atoms with van der Waals surface area (Å²) in [6, 6.07) is 0. The standard InChI is InChI=1S/C17H26N2O3/c1-17(2,3)22-13-7-11(8-13)10-21-16(20)15-14(9-18-19-15)12-5-4-6-12/h9,11-13H,4-8,10H2,1-3H3,(H,18,19). The molecule has 2 saturated carbocycles. The van der Waals surface area contributed by atoms with Crippen molar-refractivity contribution in [3.8, 4) is 0 Å². The molecule has 5 heteroatoms. The summed E-state index contributed by atoms with van der Waals surface area (Å²) in [6.45, 7) is 6.69. The van der Waals surface area contributed by atoms with Gasteiger partial charge in [0.1, 0.15) is 5.69 Å². The highest BCUT2D eigenvalue weighted by molar-refractivity contribution is 5.89. The average molecular weight is 306 g/mol. The van der Waals surface area contributed by atoms with Gasteiger partial charge in [0.2, 0.25) is 0 Å². The van der Waals surface area contributed by atoms with Crippen LogP contribution in [0.3, 0.4) is 0 Å². The number of hydrogen-bond acceptors (Lipinski definition) is 4. The fourth-order valence-electron chi connectivity index (χ4n) is 3.16. The van der Waals surface area contributed by atoms with Crippen LogP contribution in [-0.2, 0) is 9.47 Å². The van der Waals surface area contributed by atoms with E-state index in [0.717, 1.165) is 31.2 Å². The molecular formula is C17H26N2O3. The van der Waals surface area contributed by atoms with Crippen LogP contribution in [0.1, 0.15) is 74.8 Å². The Morgan fingerprint density at radius 2 is 2.09 bits per heavy atom. The van der Waals surface area contributed by atoms with Crippen molar-refractivity contribution in [1.82, 2.24) is 10.2 Å². The summed E-state index contributed by atoms with van der Waals surface area (Å²) < 4.78 is 11.4. The van der Waals surface area contributed by atoms with Gasteiger partial charge in [0.05, 0.1) is 24.5 Å². The third-order valence-corrected chi connectivity index (χ3v) is 4.58. The second-order valence-corrected chi connectivity index (χ2v) is 7.62. The lowest BCUT2D eigenvalue weighted by Gasteiger charge is -2.38. The minimum Gasteiger partial charge on any atom is -0.461 e. The number of H-pyrrole nitrogens is 1. The minimum absolute atomic E-state index is 0.0973. The Morgan fingerprint density at radius 1 is 1.36 bits per heavy atom. The Labute approximate surface area is 131 Å². The van der Waals surface area contributed by atoms with Crippen molar-refractivity contribution >= 4 is 5.97 Å². The molecule has 5 nitrogen and oxygen atoms in total. The van der Waals surface area contributed by atoms with Gasteiger partial charge in [0.25, 0.3) is 0 Å². The van der Waals surface area contributed by atoms with E-state index in [1.807, 2.05) is 0 Å². The first-order valence-electron chi connectivity index (χ1n) is 8.30. The predicted octanol–water partition coefficient (Wildman–Crippen LogP) is 3.43. The van der Waals surface area contributed by atoms with Crippen molar-refractivity contribution in [3.63, 3.8) is 0 Å². The molecule has 0 bridgehead atoms. The average Bonchev–Trinajstić information content (AvgIpc) is 2.76. The van der Waals surface area contributed by atoms with E-state index in [4.69, 9.17) is 9.47 Å². The third-order valence-electron chi connectivity index (χ3n) is 4.58. The molecule has 22 heavy (non-hydrogen) atoms. The molecular weight excluding hydrogens is 280 g/mol. The highest BCUT2D eigenvalue weighted by Gasteiger charge is 2.34. The van der Waals surface area contributed by atoms with Crippen LogP contribution in [0.4, 0.5) is 0 Å². The molecule has 0 radical (unpaired) electrons. The molecule has 1 heterocycles. The number of carbonyl (C=O) groups excluding carboxylic acids is 1. The fraction of sp³-hybridized carbons (Fsp3) is 0.765. The molecule has 3 rings (SSSR count). The van der Waals surface area contributed by atoms with E-state index in [9.17, 15) is 4.79 Å².